The summed E-state index contributed by atoms with van der Waals surface area (Å²) in [7, 11) is 0. The summed E-state index contributed by atoms with van der Waals surface area (Å²) in [5.74, 6) is -4.41. The summed E-state index contributed by atoms with van der Waals surface area (Å²) in [5, 5.41) is 22.5. The standard InChI is InChI=1S/C44H35ClN2O6/c45-27-9-6-10-28(23-27)47-41(51)36-24-35-33(17-18-34-38(35)42(52)46(40(34)50)22-21-25-13-15-29(48)16-14-25)39(44(36,43(47)53)26-7-2-1-3-8-26)32-19-20-37(49)31-12-5-4-11-30(31)32/h1-17,19-20,23,34-36,38-39,48-49H,18,21-22,24H2. The van der Waals surface area contributed by atoms with Crippen LogP contribution in [0.3, 0.4) is 0 Å². The number of phenols is 2. The Bertz CT molecular complexity index is 2380. The molecule has 6 unspecified atom stereocenters. The van der Waals surface area contributed by atoms with Crippen LogP contribution in [-0.2, 0) is 31.0 Å². The maximum atomic E-state index is 15.5. The molecule has 0 bridgehead atoms. The van der Waals surface area contributed by atoms with Crippen molar-refractivity contribution in [1.82, 2.24) is 4.90 Å². The zero-order valence-corrected chi connectivity index (χ0v) is 29.3. The first-order valence-corrected chi connectivity index (χ1v) is 18.3. The summed E-state index contributed by atoms with van der Waals surface area (Å²) in [6.07, 6.45) is 3.00. The number of hydrogen-bond acceptors (Lipinski definition) is 6. The van der Waals surface area contributed by atoms with E-state index in [2.05, 4.69) is 0 Å². The van der Waals surface area contributed by atoms with E-state index in [4.69, 9.17) is 11.6 Å². The minimum atomic E-state index is -1.42. The van der Waals surface area contributed by atoms with Gasteiger partial charge >= 0.3 is 0 Å². The first-order valence-electron chi connectivity index (χ1n) is 17.9. The highest BCUT2D eigenvalue weighted by Crippen LogP contribution is 2.65. The van der Waals surface area contributed by atoms with E-state index < -0.39 is 35.0 Å². The lowest BCUT2D eigenvalue weighted by Crippen LogP contribution is -2.53. The van der Waals surface area contributed by atoms with Gasteiger partial charge in [0.25, 0.3) is 0 Å². The molecule has 2 heterocycles. The SMILES string of the molecule is O=C1C2CC=C3C(CC4C(=O)N(c5cccc(Cl)c5)C(=O)C4(c4ccccc4)C3c3ccc(O)c4ccccc34)C2C(=O)N1CCc1ccc(O)cc1. The van der Waals surface area contributed by atoms with Crippen LogP contribution in [0.1, 0.15) is 35.4 Å². The maximum absolute atomic E-state index is 15.5. The second-order valence-corrected chi connectivity index (χ2v) is 15.0. The maximum Gasteiger partial charge on any atom is 0.246 e. The van der Waals surface area contributed by atoms with Gasteiger partial charge in [0, 0.05) is 22.9 Å². The number of phenolic OH excluding ortho intramolecular Hbond substituents is 2. The predicted molar refractivity (Wildman–Crippen MR) is 200 cm³/mol. The van der Waals surface area contributed by atoms with Crippen molar-refractivity contribution < 1.29 is 29.4 Å². The zero-order valence-electron chi connectivity index (χ0n) is 28.6. The van der Waals surface area contributed by atoms with Crippen molar-refractivity contribution in [2.24, 2.45) is 23.7 Å². The molecule has 3 fully saturated rings. The van der Waals surface area contributed by atoms with Crippen LogP contribution in [0, 0.1) is 23.7 Å². The topological polar surface area (TPSA) is 115 Å². The fourth-order valence-electron chi connectivity index (χ4n) is 9.84. The lowest BCUT2D eigenvalue weighted by molar-refractivity contribution is -0.140. The fourth-order valence-corrected chi connectivity index (χ4v) is 10.0. The number of allylic oxidation sites excluding steroid dienone is 2. The number of likely N-dealkylation sites (tertiary alicyclic amines) is 1. The fraction of sp³-hybridized carbons (Fsp3) is 0.227. The molecule has 9 heteroatoms. The number of fused-ring (bicyclic) bond motifs is 5. The van der Waals surface area contributed by atoms with Gasteiger partial charge in [0.2, 0.25) is 23.6 Å². The second-order valence-electron chi connectivity index (χ2n) is 14.6. The van der Waals surface area contributed by atoms with Crippen LogP contribution in [-0.4, -0.2) is 45.3 Å². The quantitative estimate of drug-likeness (QED) is 0.140. The van der Waals surface area contributed by atoms with Crippen LogP contribution in [0.5, 0.6) is 11.5 Å². The Morgan fingerprint density at radius 2 is 1.47 bits per heavy atom. The van der Waals surface area contributed by atoms with E-state index in [1.807, 2.05) is 66.7 Å². The van der Waals surface area contributed by atoms with E-state index in [0.29, 0.717) is 34.5 Å². The number of carbonyl (C=O) groups is 4. The molecule has 2 N–H and O–H groups in total. The number of imide groups is 2. The Balaban J connectivity index is 1.23. The average Bonchev–Trinajstić information content (AvgIpc) is 3.55. The van der Waals surface area contributed by atoms with Crippen molar-refractivity contribution in [2.75, 3.05) is 11.4 Å². The Morgan fingerprint density at radius 1 is 0.736 bits per heavy atom. The first-order chi connectivity index (χ1) is 25.7. The zero-order chi connectivity index (χ0) is 36.6. The number of nitrogens with zero attached hydrogens (tertiary/aromatic N) is 2. The third-order valence-electron chi connectivity index (χ3n) is 12.1. The van der Waals surface area contributed by atoms with Crippen molar-refractivity contribution in [1.29, 1.82) is 0 Å². The van der Waals surface area contributed by atoms with Crippen molar-refractivity contribution in [2.45, 2.75) is 30.6 Å². The van der Waals surface area contributed by atoms with Gasteiger partial charge in [-0.1, -0.05) is 102 Å². The molecule has 2 aliphatic heterocycles. The normalized spacial score (nSPS) is 26.4. The van der Waals surface area contributed by atoms with Gasteiger partial charge in [-0.25, -0.2) is 4.90 Å². The van der Waals surface area contributed by atoms with Crippen molar-refractivity contribution in [3.63, 3.8) is 0 Å². The van der Waals surface area contributed by atoms with Gasteiger partial charge < -0.3 is 10.2 Å². The van der Waals surface area contributed by atoms with E-state index in [0.717, 1.165) is 22.1 Å². The predicted octanol–water partition coefficient (Wildman–Crippen LogP) is 7.31. The van der Waals surface area contributed by atoms with E-state index in [-0.39, 0.29) is 48.1 Å². The van der Waals surface area contributed by atoms with Crippen LogP contribution in [0.2, 0.25) is 5.02 Å². The molecule has 53 heavy (non-hydrogen) atoms. The van der Waals surface area contributed by atoms with E-state index in [1.54, 1.807) is 54.6 Å². The molecule has 1 saturated carbocycles. The average molecular weight is 723 g/mol. The number of halogens is 1. The molecule has 0 aromatic heterocycles. The van der Waals surface area contributed by atoms with Gasteiger partial charge in [0.1, 0.15) is 11.5 Å². The van der Waals surface area contributed by atoms with Gasteiger partial charge in [-0.3, -0.25) is 24.1 Å². The van der Waals surface area contributed by atoms with Crippen LogP contribution >= 0.6 is 11.6 Å². The molecule has 5 aromatic carbocycles. The molecule has 0 spiro atoms. The molecule has 4 aliphatic rings. The Labute approximate surface area is 310 Å². The number of benzene rings is 5. The van der Waals surface area contributed by atoms with Crippen LogP contribution in [0.25, 0.3) is 10.8 Å². The minimum Gasteiger partial charge on any atom is -0.508 e. The van der Waals surface area contributed by atoms with Gasteiger partial charge in [-0.2, -0.15) is 0 Å². The Morgan fingerprint density at radius 3 is 2.23 bits per heavy atom. The summed E-state index contributed by atoms with van der Waals surface area (Å²) < 4.78 is 0. The number of anilines is 1. The summed E-state index contributed by atoms with van der Waals surface area (Å²) in [6, 6.07) is 33.8. The Hall–Kier alpha value is -5.73. The molecular weight excluding hydrogens is 688 g/mol. The smallest absolute Gasteiger partial charge is 0.246 e. The van der Waals surface area contributed by atoms with E-state index >= 15 is 9.59 Å². The summed E-state index contributed by atoms with van der Waals surface area (Å²) in [5.41, 5.74) is 2.14. The molecule has 6 atom stereocenters. The number of rotatable bonds is 6. The minimum absolute atomic E-state index is 0.0925. The third kappa shape index (κ3) is 4.88. The number of amides is 4. The molecular formula is C44H35ClN2O6. The lowest BCUT2D eigenvalue weighted by Gasteiger charge is -2.51. The lowest BCUT2D eigenvalue weighted by atomic mass is 9.49. The van der Waals surface area contributed by atoms with Gasteiger partial charge in [-0.05, 0) is 83.7 Å². The van der Waals surface area contributed by atoms with Gasteiger partial charge in [0.05, 0.1) is 28.9 Å². The van der Waals surface area contributed by atoms with Gasteiger partial charge in [-0.15, -0.1) is 0 Å². The Kier molecular flexibility index (Phi) is 7.78. The second kappa shape index (κ2) is 12.5. The van der Waals surface area contributed by atoms with E-state index in [9.17, 15) is 19.8 Å². The molecule has 4 amide bonds. The van der Waals surface area contributed by atoms with Crippen LogP contribution < -0.4 is 4.90 Å². The van der Waals surface area contributed by atoms with Crippen molar-refractivity contribution in [3.05, 3.63) is 149 Å². The molecule has 8 nitrogen and oxygen atoms in total. The van der Waals surface area contributed by atoms with Gasteiger partial charge in [0.15, 0.2) is 0 Å². The van der Waals surface area contributed by atoms with Crippen LogP contribution in [0.4, 0.5) is 5.69 Å². The molecule has 2 aliphatic carbocycles. The van der Waals surface area contributed by atoms with Crippen molar-refractivity contribution in [3.8, 4) is 11.5 Å². The van der Waals surface area contributed by atoms with E-state index in [1.165, 1.54) is 9.80 Å². The number of hydrogen-bond donors (Lipinski definition) is 2. The number of carbonyl (C=O) groups excluding carboxylic acids is 4. The van der Waals surface area contributed by atoms with Crippen LogP contribution in [0.15, 0.2) is 127 Å². The number of aromatic hydroxyl groups is 2. The summed E-state index contributed by atoms with van der Waals surface area (Å²) in [6.45, 7) is 0.195. The van der Waals surface area contributed by atoms with Crippen molar-refractivity contribution >= 4 is 51.7 Å². The summed E-state index contributed by atoms with van der Waals surface area (Å²) in [4.78, 5) is 61.7. The first kappa shape index (κ1) is 33.1. The third-order valence-corrected chi connectivity index (χ3v) is 12.3. The monoisotopic (exact) mass is 722 g/mol. The molecule has 9 rings (SSSR count). The molecule has 5 aromatic rings. The summed E-state index contributed by atoms with van der Waals surface area (Å²) >= 11 is 6.44. The highest BCUT2D eigenvalue weighted by atomic mass is 35.5. The molecule has 264 valence electrons. The molecule has 0 radical (unpaired) electrons. The largest absolute Gasteiger partial charge is 0.508 e. The highest BCUT2D eigenvalue weighted by Gasteiger charge is 2.70. The highest BCUT2D eigenvalue weighted by molar-refractivity contribution is 6.32. The molecule has 2 saturated heterocycles.